The predicted octanol–water partition coefficient (Wildman–Crippen LogP) is 4.64. The normalized spacial score (nSPS) is 12.3. The fourth-order valence-electron chi connectivity index (χ4n) is 3.01. The van der Waals surface area contributed by atoms with E-state index in [0.717, 1.165) is 11.3 Å². The molecule has 3 aromatic rings. The summed E-state index contributed by atoms with van der Waals surface area (Å²) in [5.41, 5.74) is -1.71. The second-order valence-corrected chi connectivity index (χ2v) is 6.84. The van der Waals surface area contributed by atoms with Gasteiger partial charge in [0.15, 0.2) is 12.3 Å². The molecule has 0 bridgehead atoms. The van der Waals surface area contributed by atoms with Crippen molar-refractivity contribution in [1.29, 1.82) is 0 Å². The van der Waals surface area contributed by atoms with E-state index in [2.05, 4.69) is 10.1 Å². The third-order valence-corrected chi connectivity index (χ3v) is 4.30. The number of aryl methyl sites for hydroxylation is 3. The summed E-state index contributed by atoms with van der Waals surface area (Å²) < 4.78 is 84.4. The Morgan fingerprint density at radius 3 is 2.16 bits per heavy atom. The van der Waals surface area contributed by atoms with Gasteiger partial charge < -0.3 is 10.1 Å². The number of ether oxygens (including phenoxy) is 1. The van der Waals surface area contributed by atoms with Gasteiger partial charge in [-0.05, 0) is 43.7 Å². The number of alkyl halides is 6. The molecule has 0 atom stereocenters. The number of halogens is 6. The van der Waals surface area contributed by atoms with Crippen molar-refractivity contribution in [2.45, 2.75) is 26.2 Å². The van der Waals surface area contributed by atoms with Gasteiger partial charge in [-0.15, -0.1) is 5.10 Å². The van der Waals surface area contributed by atoms with Crippen LogP contribution in [0.2, 0.25) is 0 Å². The Hall–Kier alpha value is -3.31. The lowest BCUT2D eigenvalue weighted by atomic mass is 10.1. The van der Waals surface area contributed by atoms with Crippen molar-refractivity contribution in [3.63, 3.8) is 0 Å². The molecule has 3 rings (SSSR count). The average Bonchev–Trinajstić information content (AvgIpc) is 2.94. The topological polar surface area (TPSA) is 69.0 Å². The monoisotopic (exact) mass is 446 g/mol. The third kappa shape index (κ3) is 4.89. The number of carbonyl (C=O) groups is 1. The van der Waals surface area contributed by atoms with Crippen LogP contribution in [0.3, 0.4) is 0 Å². The first-order valence-electron chi connectivity index (χ1n) is 8.79. The van der Waals surface area contributed by atoms with Gasteiger partial charge in [0.25, 0.3) is 5.91 Å². The number of nitrogens with zero attached hydrogens (tertiary/aromatic N) is 3. The van der Waals surface area contributed by atoms with Gasteiger partial charge in [0.1, 0.15) is 0 Å². The first-order chi connectivity index (χ1) is 14.3. The summed E-state index contributed by atoms with van der Waals surface area (Å²) in [4.78, 5) is 16.5. The molecule has 12 heteroatoms. The molecule has 6 nitrogen and oxygen atoms in total. The van der Waals surface area contributed by atoms with Gasteiger partial charge in [-0.2, -0.15) is 26.3 Å². The summed E-state index contributed by atoms with van der Waals surface area (Å²) in [7, 11) is 1.61. The Morgan fingerprint density at radius 2 is 1.61 bits per heavy atom. The zero-order chi connectivity index (χ0) is 23.1. The van der Waals surface area contributed by atoms with Crippen molar-refractivity contribution in [2.24, 2.45) is 7.05 Å². The van der Waals surface area contributed by atoms with Crippen LogP contribution in [0.15, 0.2) is 24.3 Å². The van der Waals surface area contributed by atoms with E-state index in [1.807, 2.05) is 5.32 Å². The predicted molar refractivity (Wildman–Crippen MR) is 98.6 cm³/mol. The molecule has 1 aromatic carbocycles. The van der Waals surface area contributed by atoms with E-state index in [1.165, 1.54) is 4.68 Å². The lowest BCUT2D eigenvalue weighted by molar-refractivity contribution is -0.143. The maximum atomic E-state index is 12.9. The minimum Gasteiger partial charge on any atom is -0.466 e. The van der Waals surface area contributed by atoms with Crippen LogP contribution in [0.1, 0.15) is 22.4 Å². The summed E-state index contributed by atoms with van der Waals surface area (Å²) >= 11 is 0. The molecule has 1 amide bonds. The van der Waals surface area contributed by atoms with E-state index >= 15 is 0 Å². The molecule has 0 aliphatic carbocycles. The standard InChI is InChI=1S/C19H16F6N4O2/c1-9-4-10(2)26-16-15(9)17(28-29(16)3)31-8-14(30)27-13-6-11(18(20,21)22)5-12(7-13)19(23,24)25/h4-7H,8H2,1-3H3,(H,27,30). The van der Waals surface area contributed by atoms with E-state index in [-0.39, 0.29) is 11.9 Å². The maximum absolute atomic E-state index is 12.9. The summed E-state index contributed by atoms with van der Waals surface area (Å²) in [5, 5.41) is 6.66. The molecular weight excluding hydrogens is 430 g/mol. The Kier molecular flexibility index (Phi) is 5.59. The smallest absolute Gasteiger partial charge is 0.416 e. The SMILES string of the molecule is Cc1cc(C)c2c(OCC(=O)Nc3cc(C(F)(F)F)cc(C(F)(F)F)c3)nn(C)c2n1. The molecule has 0 saturated carbocycles. The molecule has 2 heterocycles. The van der Waals surface area contributed by atoms with Gasteiger partial charge in [0.05, 0.1) is 16.5 Å². The summed E-state index contributed by atoms with van der Waals surface area (Å²) in [6, 6.07) is 2.59. The highest BCUT2D eigenvalue weighted by Gasteiger charge is 2.37. The summed E-state index contributed by atoms with van der Waals surface area (Å²) in [6.07, 6.45) is -10.0. The van der Waals surface area contributed by atoms with E-state index in [9.17, 15) is 31.1 Å². The third-order valence-electron chi connectivity index (χ3n) is 4.30. The number of pyridine rings is 1. The molecule has 31 heavy (non-hydrogen) atoms. The van der Waals surface area contributed by atoms with Gasteiger partial charge in [-0.1, -0.05) is 0 Å². The Labute approximate surface area is 171 Å². The van der Waals surface area contributed by atoms with Crippen LogP contribution in [0.5, 0.6) is 5.88 Å². The van der Waals surface area contributed by atoms with Crippen LogP contribution in [-0.4, -0.2) is 27.3 Å². The van der Waals surface area contributed by atoms with Gasteiger partial charge in [-0.3, -0.25) is 4.79 Å². The number of aromatic nitrogens is 3. The van der Waals surface area contributed by atoms with Crippen molar-refractivity contribution in [3.8, 4) is 5.88 Å². The second-order valence-electron chi connectivity index (χ2n) is 6.84. The van der Waals surface area contributed by atoms with Crippen LogP contribution in [0.25, 0.3) is 11.0 Å². The quantitative estimate of drug-likeness (QED) is 0.593. The largest absolute Gasteiger partial charge is 0.466 e. The van der Waals surface area contributed by atoms with Crippen LogP contribution < -0.4 is 10.1 Å². The number of amides is 1. The van der Waals surface area contributed by atoms with E-state index in [0.29, 0.717) is 23.2 Å². The molecule has 0 saturated heterocycles. The van der Waals surface area contributed by atoms with Crippen molar-refractivity contribution in [2.75, 3.05) is 11.9 Å². The highest BCUT2D eigenvalue weighted by Crippen LogP contribution is 2.37. The minimum absolute atomic E-state index is 0.0239. The number of hydrogen-bond donors (Lipinski definition) is 1. The van der Waals surface area contributed by atoms with E-state index in [4.69, 9.17) is 4.74 Å². The molecule has 0 aliphatic rings. The number of carbonyl (C=O) groups excluding carboxylic acids is 1. The fraction of sp³-hybridized carbons (Fsp3) is 0.316. The Balaban J connectivity index is 1.81. The van der Waals surface area contributed by atoms with Crippen molar-refractivity contribution in [1.82, 2.24) is 14.8 Å². The first kappa shape index (κ1) is 22.4. The van der Waals surface area contributed by atoms with Crippen LogP contribution in [0.4, 0.5) is 32.0 Å². The Morgan fingerprint density at radius 1 is 1.03 bits per heavy atom. The Bertz CT molecular complexity index is 1120. The summed E-state index contributed by atoms with van der Waals surface area (Å²) in [6.45, 7) is 2.89. The fourth-order valence-corrected chi connectivity index (χ4v) is 3.01. The number of fused-ring (bicyclic) bond motifs is 1. The zero-order valence-corrected chi connectivity index (χ0v) is 16.4. The van der Waals surface area contributed by atoms with Gasteiger partial charge in [-0.25, -0.2) is 9.67 Å². The van der Waals surface area contributed by atoms with Gasteiger partial charge in [0.2, 0.25) is 5.88 Å². The molecule has 2 aromatic heterocycles. The lowest BCUT2D eigenvalue weighted by Crippen LogP contribution is -2.21. The maximum Gasteiger partial charge on any atom is 0.416 e. The molecular formula is C19H16F6N4O2. The number of hydrogen-bond acceptors (Lipinski definition) is 4. The highest BCUT2D eigenvalue weighted by atomic mass is 19.4. The van der Waals surface area contributed by atoms with Crippen molar-refractivity contribution in [3.05, 3.63) is 46.6 Å². The van der Waals surface area contributed by atoms with Gasteiger partial charge >= 0.3 is 12.4 Å². The molecule has 0 spiro atoms. The molecule has 1 N–H and O–H groups in total. The lowest BCUT2D eigenvalue weighted by Gasteiger charge is -2.14. The van der Waals surface area contributed by atoms with Crippen molar-refractivity contribution < 1.29 is 35.9 Å². The molecule has 0 unspecified atom stereocenters. The number of anilines is 1. The van der Waals surface area contributed by atoms with E-state index < -0.39 is 41.7 Å². The average molecular weight is 446 g/mol. The molecule has 0 fully saturated rings. The number of rotatable bonds is 4. The second kappa shape index (κ2) is 7.75. The van der Waals surface area contributed by atoms with E-state index in [1.54, 1.807) is 27.0 Å². The summed E-state index contributed by atoms with van der Waals surface area (Å²) in [5.74, 6) is -0.887. The zero-order valence-electron chi connectivity index (χ0n) is 16.4. The molecule has 0 aliphatic heterocycles. The van der Waals surface area contributed by atoms with Crippen LogP contribution in [-0.2, 0) is 24.2 Å². The molecule has 166 valence electrons. The number of benzene rings is 1. The highest BCUT2D eigenvalue weighted by molar-refractivity contribution is 5.92. The molecule has 0 radical (unpaired) electrons. The van der Waals surface area contributed by atoms with Crippen molar-refractivity contribution >= 4 is 22.6 Å². The minimum atomic E-state index is -5.02. The van der Waals surface area contributed by atoms with Gasteiger partial charge in [0, 0.05) is 18.4 Å². The van der Waals surface area contributed by atoms with Crippen LogP contribution >= 0.6 is 0 Å². The van der Waals surface area contributed by atoms with Crippen LogP contribution in [0, 0.1) is 13.8 Å². The number of nitrogens with one attached hydrogen (secondary N) is 1. The first-order valence-corrected chi connectivity index (χ1v) is 8.79.